The van der Waals surface area contributed by atoms with Crippen molar-refractivity contribution < 1.29 is 19.0 Å². The molecule has 140 valence electrons. The lowest BCUT2D eigenvalue weighted by atomic mass is 9.92. The number of carbonyl (C=O) groups excluding carboxylic acids is 1. The van der Waals surface area contributed by atoms with Crippen molar-refractivity contribution in [2.24, 2.45) is 5.92 Å². The van der Waals surface area contributed by atoms with Gasteiger partial charge in [0, 0.05) is 5.92 Å². The number of aryl methyl sites for hydroxylation is 1. The van der Waals surface area contributed by atoms with Crippen LogP contribution >= 0.6 is 0 Å². The third-order valence-electron chi connectivity index (χ3n) is 4.10. The fraction of sp³-hybridized carbons (Fsp3) is 0.571. The fourth-order valence-electron chi connectivity index (χ4n) is 2.65. The Morgan fingerprint density at radius 2 is 1.92 bits per heavy atom. The topological polar surface area (TPSA) is 44.8 Å². The summed E-state index contributed by atoms with van der Waals surface area (Å²) < 4.78 is 16.4. The number of esters is 1. The number of methoxy groups -OCH3 is 1. The monoisotopic (exact) mass is 348 g/mol. The maximum absolute atomic E-state index is 11.2. The zero-order valence-electron chi connectivity index (χ0n) is 16.0. The highest BCUT2D eigenvalue weighted by atomic mass is 16.5. The molecule has 4 heteroatoms. The van der Waals surface area contributed by atoms with E-state index in [1.54, 1.807) is 0 Å². The van der Waals surface area contributed by atoms with E-state index in [4.69, 9.17) is 9.47 Å². The summed E-state index contributed by atoms with van der Waals surface area (Å²) in [7, 11) is 1.39. The van der Waals surface area contributed by atoms with Crippen molar-refractivity contribution in [1.82, 2.24) is 0 Å². The molecule has 0 bridgehead atoms. The van der Waals surface area contributed by atoms with Crippen molar-refractivity contribution in [3.63, 3.8) is 0 Å². The van der Waals surface area contributed by atoms with Gasteiger partial charge in [-0.05, 0) is 32.3 Å². The molecule has 1 rings (SSSR count). The zero-order chi connectivity index (χ0) is 18.7. The minimum atomic E-state index is -0.249. The van der Waals surface area contributed by atoms with E-state index in [1.807, 2.05) is 6.92 Å². The van der Waals surface area contributed by atoms with E-state index in [1.165, 1.54) is 18.2 Å². The first kappa shape index (κ1) is 21.4. The van der Waals surface area contributed by atoms with Crippen LogP contribution in [0.25, 0.3) is 0 Å². The molecule has 0 aliphatic heterocycles. The van der Waals surface area contributed by atoms with Gasteiger partial charge in [-0.15, -0.1) is 0 Å². The summed E-state index contributed by atoms with van der Waals surface area (Å²) in [5.41, 5.74) is 3.53. The zero-order valence-corrected chi connectivity index (χ0v) is 16.0. The Balaban J connectivity index is 2.68. The number of ether oxygens (including phenoxy) is 3. The van der Waals surface area contributed by atoms with Crippen LogP contribution in [-0.2, 0) is 25.4 Å². The van der Waals surface area contributed by atoms with Crippen molar-refractivity contribution in [2.45, 2.75) is 46.1 Å². The Morgan fingerprint density at radius 1 is 1.24 bits per heavy atom. The van der Waals surface area contributed by atoms with Crippen LogP contribution in [0.2, 0.25) is 0 Å². The van der Waals surface area contributed by atoms with Crippen molar-refractivity contribution in [1.29, 1.82) is 0 Å². The second-order valence-corrected chi connectivity index (χ2v) is 6.57. The summed E-state index contributed by atoms with van der Waals surface area (Å²) in [6.45, 7) is 11.6. The molecule has 0 spiro atoms. The first-order chi connectivity index (χ1) is 12.0. The van der Waals surface area contributed by atoms with Gasteiger partial charge >= 0.3 is 5.97 Å². The summed E-state index contributed by atoms with van der Waals surface area (Å²) in [6, 6.07) is 8.56. The third kappa shape index (κ3) is 8.84. The van der Waals surface area contributed by atoms with Gasteiger partial charge in [-0.3, -0.25) is 4.79 Å². The van der Waals surface area contributed by atoms with Gasteiger partial charge in [0.15, 0.2) is 0 Å². The molecular formula is C21H32O4. The van der Waals surface area contributed by atoms with Gasteiger partial charge in [-0.1, -0.05) is 48.9 Å². The van der Waals surface area contributed by atoms with E-state index in [0.29, 0.717) is 19.8 Å². The Kier molecular flexibility index (Phi) is 10.1. The molecular weight excluding hydrogens is 316 g/mol. The number of rotatable bonds is 12. The van der Waals surface area contributed by atoms with Gasteiger partial charge in [-0.2, -0.15) is 0 Å². The number of hydrogen-bond acceptors (Lipinski definition) is 4. The summed E-state index contributed by atoms with van der Waals surface area (Å²) in [5, 5.41) is 0. The van der Waals surface area contributed by atoms with Crippen molar-refractivity contribution in [3.05, 3.63) is 47.5 Å². The van der Waals surface area contributed by atoms with E-state index in [9.17, 15) is 4.79 Å². The maximum atomic E-state index is 11.2. The Labute approximate surface area is 152 Å². The van der Waals surface area contributed by atoms with Crippen LogP contribution in [-0.4, -0.2) is 39.0 Å². The lowest BCUT2D eigenvalue weighted by Crippen LogP contribution is -2.30. The highest BCUT2D eigenvalue weighted by molar-refractivity contribution is 5.69. The van der Waals surface area contributed by atoms with Crippen molar-refractivity contribution >= 4 is 5.97 Å². The van der Waals surface area contributed by atoms with E-state index < -0.39 is 0 Å². The highest BCUT2D eigenvalue weighted by Gasteiger charge is 2.22. The van der Waals surface area contributed by atoms with E-state index in [2.05, 4.69) is 49.4 Å². The average Bonchev–Trinajstić information content (AvgIpc) is 2.60. The fourth-order valence-corrected chi connectivity index (χ4v) is 2.65. The molecule has 1 aromatic rings. The number of carbonyl (C=O) groups is 1. The Morgan fingerprint density at radius 3 is 2.48 bits per heavy atom. The molecule has 0 fully saturated rings. The molecule has 2 unspecified atom stereocenters. The minimum Gasteiger partial charge on any atom is -0.469 e. The molecule has 0 heterocycles. The molecule has 4 nitrogen and oxygen atoms in total. The maximum Gasteiger partial charge on any atom is 0.307 e. The second-order valence-electron chi connectivity index (χ2n) is 6.57. The molecule has 0 aliphatic carbocycles. The smallest absolute Gasteiger partial charge is 0.307 e. The molecule has 0 aromatic heterocycles. The van der Waals surface area contributed by atoms with Gasteiger partial charge in [0.2, 0.25) is 0 Å². The lowest BCUT2D eigenvalue weighted by molar-refractivity contribution is -0.142. The predicted molar refractivity (Wildman–Crippen MR) is 101 cm³/mol. The SMILES string of the molecule is C=C(C)COC(CC)C(COCCC(=O)OC)Cc1ccc(C)cc1. The van der Waals surface area contributed by atoms with Crippen LogP contribution in [0.4, 0.5) is 0 Å². The van der Waals surface area contributed by atoms with E-state index in [-0.39, 0.29) is 24.4 Å². The summed E-state index contributed by atoms with van der Waals surface area (Å²) in [5.74, 6) is -0.0228. The Hall–Kier alpha value is -1.65. The molecule has 0 N–H and O–H groups in total. The van der Waals surface area contributed by atoms with Crippen LogP contribution in [0, 0.1) is 12.8 Å². The molecule has 0 saturated carbocycles. The average molecular weight is 348 g/mol. The van der Waals surface area contributed by atoms with Crippen LogP contribution in [0.5, 0.6) is 0 Å². The second kappa shape index (κ2) is 11.8. The summed E-state index contributed by atoms with van der Waals surface area (Å²) in [6.07, 6.45) is 2.16. The van der Waals surface area contributed by atoms with E-state index in [0.717, 1.165) is 18.4 Å². The molecule has 0 radical (unpaired) electrons. The highest BCUT2D eigenvalue weighted by Crippen LogP contribution is 2.20. The van der Waals surface area contributed by atoms with E-state index >= 15 is 0 Å². The molecule has 1 aromatic carbocycles. The van der Waals surface area contributed by atoms with Crippen molar-refractivity contribution in [3.8, 4) is 0 Å². The summed E-state index contributed by atoms with van der Waals surface area (Å²) in [4.78, 5) is 11.2. The lowest BCUT2D eigenvalue weighted by Gasteiger charge is -2.27. The normalized spacial score (nSPS) is 13.3. The largest absolute Gasteiger partial charge is 0.469 e. The van der Waals surface area contributed by atoms with Crippen molar-refractivity contribution in [2.75, 3.05) is 26.9 Å². The Bertz CT molecular complexity index is 521. The minimum absolute atomic E-state index is 0.0936. The standard InChI is InChI=1S/C21H32O4/c1-6-20(25-14-16(2)3)19(15-24-12-11-21(22)23-5)13-18-9-7-17(4)8-10-18/h7-10,19-20H,2,6,11-15H2,1,3-5H3. The molecule has 0 amide bonds. The third-order valence-corrected chi connectivity index (χ3v) is 4.10. The predicted octanol–water partition coefficient (Wildman–Crippen LogP) is 4.10. The first-order valence-electron chi connectivity index (χ1n) is 8.92. The van der Waals surface area contributed by atoms with Crippen LogP contribution in [0.1, 0.15) is 37.8 Å². The number of benzene rings is 1. The summed E-state index contributed by atoms with van der Waals surface area (Å²) >= 11 is 0. The first-order valence-corrected chi connectivity index (χ1v) is 8.92. The quantitative estimate of drug-likeness (QED) is 0.324. The molecule has 0 saturated heterocycles. The molecule has 2 atom stereocenters. The van der Waals surface area contributed by atoms with Crippen LogP contribution in [0.15, 0.2) is 36.4 Å². The van der Waals surface area contributed by atoms with Gasteiger partial charge in [-0.25, -0.2) is 0 Å². The van der Waals surface area contributed by atoms with Gasteiger partial charge in [0.1, 0.15) is 0 Å². The van der Waals surface area contributed by atoms with Gasteiger partial charge < -0.3 is 14.2 Å². The molecule has 25 heavy (non-hydrogen) atoms. The molecule has 0 aliphatic rings. The van der Waals surface area contributed by atoms with Crippen LogP contribution in [0.3, 0.4) is 0 Å². The van der Waals surface area contributed by atoms with Gasteiger partial charge in [0.05, 0.1) is 39.5 Å². The number of hydrogen-bond donors (Lipinski definition) is 0. The van der Waals surface area contributed by atoms with Gasteiger partial charge in [0.25, 0.3) is 0 Å². The van der Waals surface area contributed by atoms with Crippen LogP contribution < -0.4 is 0 Å².